The van der Waals surface area contributed by atoms with Crippen molar-refractivity contribution in [3.8, 4) is 17.0 Å². The van der Waals surface area contributed by atoms with Crippen LogP contribution in [-0.4, -0.2) is 59.6 Å². The Kier molecular flexibility index (Phi) is 10.2. The Labute approximate surface area is 240 Å². The number of carbonyl (C=O) groups is 3. The molecule has 1 heterocycles. The smallest absolute Gasteiger partial charge is 0.425 e. The number of halogens is 4. The number of imidazole rings is 1. The summed E-state index contributed by atoms with van der Waals surface area (Å²) in [6.07, 6.45) is -4.84. The summed E-state index contributed by atoms with van der Waals surface area (Å²) < 4.78 is 46.3. The fourth-order valence-corrected chi connectivity index (χ4v) is 4.66. The van der Waals surface area contributed by atoms with Crippen LogP contribution in [0, 0.1) is 0 Å². The third kappa shape index (κ3) is 7.86. The van der Waals surface area contributed by atoms with E-state index in [0.717, 1.165) is 18.1 Å². The Hall–Kier alpha value is -3.90. The first-order valence-electron chi connectivity index (χ1n) is 12.6. The number of alkyl halides is 3. The van der Waals surface area contributed by atoms with Gasteiger partial charge >= 0.3 is 6.18 Å². The zero-order valence-corrected chi connectivity index (χ0v) is 23.7. The van der Waals surface area contributed by atoms with Crippen molar-refractivity contribution in [3.05, 3.63) is 70.1 Å². The highest BCUT2D eigenvalue weighted by molar-refractivity contribution is 6.33. The largest absolute Gasteiger partial charge is 0.480 e. The van der Waals surface area contributed by atoms with Gasteiger partial charge in [-0.3, -0.25) is 14.4 Å². The molecule has 2 atom stereocenters. The summed E-state index contributed by atoms with van der Waals surface area (Å²) in [5.41, 5.74) is 7.89. The van der Waals surface area contributed by atoms with Crippen LogP contribution in [0.2, 0.25) is 5.02 Å². The van der Waals surface area contributed by atoms with E-state index in [1.807, 2.05) is 12.1 Å². The predicted octanol–water partition coefficient (Wildman–Crippen LogP) is 4.03. The predicted molar refractivity (Wildman–Crippen MR) is 148 cm³/mol. The van der Waals surface area contributed by atoms with Crippen LogP contribution >= 0.6 is 11.6 Å². The number of primary amides is 1. The summed E-state index contributed by atoms with van der Waals surface area (Å²) in [5, 5.41) is 5.29. The van der Waals surface area contributed by atoms with Gasteiger partial charge in [0, 0.05) is 43.8 Å². The second kappa shape index (κ2) is 13.2. The molecule has 0 saturated heterocycles. The van der Waals surface area contributed by atoms with Gasteiger partial charge in [0.1, 0.15) is 5.75 Å². The number of likely N-dealkylation sites (N-methyl/N-ethyl adjacent to an activating group) is 1. The van der Waals surface area contributed by atoms with E-state index in [2.05, 4.69) is 15.6 Å². The molecule has 0 radical (unpaired) electrons. The number of ether oxygens (including phenoxy) is 1. The summed E-state index contributed by atoms with van der Waals surface area (Å²) in [4.78, 5) is 40.8. The van der Waals surface area contributed by atoms with Crippen molar-refractivity contribution in [1.82, 2.24) is 20.2 Å². The number of carbonyl (C=O) groups excluding carboxylic acids is 3. The van der Waals surface area contributed by atoms with Gasteiger partial charge in [0.15, 0.2) is 17.7 Å². The normalized spacial score (nSPS) is 13.0. The number of rotatable bonds is 12. The van der Waals surface area contributed by atoms with Gasteiger partial charge < -0.3 is 25.7 Å². The molecule has 0 spiro atoms. The van der Waals surface area contributed by atoms with Gasteiger partial charge in [0.25, 0.3) is 0 Å². The third-order valence-corrected chi connectivity index (χ3v) is 6.78. The first kappa shape index (κ1) is 31.6. The van der Waals surface area contributed by atoms with Crippen LogP contribution in [-0.2, 0) is 18.3 Å². The first-order valence-corrected chi connectivity index (χ1v) is 13.0. The van der Waals surface area contributed by atoms with Crippen molar-refractivity contribution in [2.24, 2.45) is 12.8 Å². The molecule has 1 aromatic heterocycles. The van der Waals surface area contributed by atoms with Crippen LogP contribution in [0.5, 0.6) is 5.75 Å². The molecule has 3 aromatic rings. The van der Waals surface area contributed by atoms with E-state index in [1.54, 1.807) is 37.0 Å². The molecular weight excluding hydrogens is 563 g/mol. The number of hydrogen-bond acceptors (Lipinski definition) is 6. The Morgan fingerprint density at radius 2 is 1.80 bits per heavy atom. The highest BCUT2D eigenvalue weighted by Gasteiger charge is 2.39. The highest BCUT2D eigenvalue weighted by atomic mass is 35.5. The Morgan fingerprint density at radius 3 is 2.34 bits per heavy atom. The first-order chi connectivity index (χ1) is 19.2. The lowest BCUT2D eigenvalue weighted by molar-refractivity contribution is -0.189. The molecule has 0 fully saturated rings. The number of nitrogens with two attached hydrogens (primary N) is 1. The molecule has 2 aromatic carbocycles. The lowest BCUT2D eigenvalue weighted by Gasteiger charge is -2.25. The Morgan fingerprint density at radius 1 is 1.15 bits per heavy atom. The molecular formula is C28H31ClF3N5O4. The van der Waals surface area contributed by atoms with E-state index >= 15 is 0 Å². The van der Waals surface area contributed by atoms with Crippen molar-refractivity contribution in [1.29, 1.82) is 0 Å². The minimum Gasteiger partial charge on any atom is -0.480 e. The second-order valence-corrected chi connectivity index (χ2v) is 9.93. The zero-order valence-electron chi connectivity index (χ0n) is 22.9. The number of hydrogen-bond donors (Lipinski definition) is 3. The molecule has 9 nitrogen and oxygen atoms in total. The summed E-state index contributed by atoms with van der Waals surface area (Å²) in [6.45, 7) is 2.30. The summed E-state index contributed by atoms with van der Waals surface area (Å²) in [6, 6.07) is 9.66. The molecule has 3 rings (SSSR count). The molecule has 0 aliphatic carbocycles. The maximum Gasteiger partial charge on any atom is 0.425 e. The van der Waals surface area contributed by atoms with E-state index in [0.29, 0.717) is 11.5 Å². The van der Waals surface area contributed by atoms with Crippen LogP contribution in [0.3, 0.4) is 0 Å². The third-order valence-electron chi connectivity index (χ3n) is 6.39. The quantitative estimate of drug-likeness (QED) is 0.272. The van der Waals surface area contributed by atoms with Crippen LogP contribution in [0.1, 0.15) is 51.9 Å². The summed E-state index contributed by atoms with van der Waals surface area (Å²) in [7, 11) is 3.33. The minimum atomic E-state index is -4.65. The number of aromatic nitrogens is 2. The van der Waals surface area contributed by atoms with Crippen molar-refractivity contribution in [3.63, 3.8) is 0 Å². The van der Waals surface area contributed by atoms with Gasteiger partial charge in [-0.05, 0) is 43.7 Å². The standard InChI is InChI=1S/C28H31ClF3N5O4/c1-15(38)27-36-21(14-37(27)4)18-7-5-17(6-8-18)11-19(12-35-23(39)13-34-3)24-20(26(33)40)9-10-22(25(24)29)41-16(2)28(30,31)32/h5-10,14,16,19,34H,11-13H2,1-4H3,(H2,33,40)(H,35,39)/t16-,19-/m1/s1. The van der Waals surface area contributed by atoms with Crippen molar-refractivity contribution in [2.45, 2.75) is 38.5 Å². The number of Topliss-reactive ketones (excluding diaryl/α,β-unsaturated/α-hetero) is 1. The van der Waals surface area contributed by atoms with Crippen LogP contribution in [0.4, 0.5) is 13.2 Å². The van der Waals surface area contributed by atoms with Gasteiger partial charge in [-0.25, -0.2) is 4.98 Å². The fraction of sp³-hybridized carbons (Fsp3) is 0.357. The topological polar surface area (TPSA) is 128 Å². The molecule has 4 N–H and O–H groups in total. The number of amides is 2. The van der Waals surface area contributed by atoms with E-state index in [-0.39, 0.29) is 53.1 Å². The molecule has 0 bridgehead atoms. The van der Waals surface area contributed by atoms with E-state index < -0.39 is 24.1 Å². The highest BCUT2D eigenvalue weighted by Crippen LogP contribution is 2.39. The van der Waals surface area contributed by atoms with Crippen LogP contribution in [0.25, 0.3) is 11.3 Å². The van der Waals surface area contributed by atoms with Crippen molar-refractivity contribution < 1.29 is 32.3 Å². The van der Waals surface area contributed by atoms with Crippen LogP contribution in [0.15, 0.2) is 42.6 Å². The van der Waals surface area contributed by atoms with Crippen molar-refractivity contribution in [2.75, 3.05) is 20.1 Å². The second-order valence-electron chi connectivity index (χ2n) is 9.55. The molecule has 0 aliphatic heterocycles. The lowest BCUT2D eigenvalue weighted by atomic mass is 9.87. The summed E-state index contributed by atoms with van der Waals surface area (Å²) in [5.74, 6) is -1.96. The SMILES string of the molecule is CNCC(=O)NC[C@@H](Cc1ccc(-c2cn(C)c(C(C)=O)n2)cc1)c1c(C(N)=O)ccc(O[C@H](C)C(F)(F)F)c1Cl. The maximum atomic E-state index is 13.2. The number of nitrogens with zero attached hydrogens (tertiary/aromatic N) is 2. The average molecular weight is 594 g/mol. The van der Waals surface area contributed by atoms with Gasteiger partial charge in [-0.15, -0.1) is 0 Å². The zero-order chi connectivity index (χ0) is 30.5. The Bertz CT molecular complexity index is 1420. The molecule has 41 heavy (non-hydrogen) atoms. The number of aryl methyl sites for hydroxylation is 1. The molecule has 0 saturated carbocycles. The van der Waals surface area contributed by atoms with Crippen molar-refractivity contribution >= 4 is 29.2 Å². The molecule has 13 heteroatoms. The molecule has 0 unspecified atom stereocenters. The fourth-order valence-electron chi connectivity index (χ4n) is 4.30. The maximum absolute atomic E-state index is 13.2. The number of ketones is 1. The summed E-state index contributed by atoms with van der Waals surface area (Å²) >= 11 is 6.57. The van der Waals surface area contributed by atoms with Gasteiger partial charge in [0.05, 0.1) is 17.3 Å². The monoisotopic (exact) mass is 593 g/mol. The van der Waals surface area contributed by atoms with E-state index in [9.17, 15) is 27.6 Å². The lowest BCUT2D eigenvalue weighted by Crippen LogP contribution is -2.36. The van der Waals surface area contributed by atoms with E-state index in [1.165, 1.54) is 19.1 Å². The van der Waals surface area contributed by atoms with Gasteiger partial charge in [-0.1, -0.05) is 35.9 Å². The number of benzene rings is 2. The van der Waals surface area contributed by atoms with E-state index in [4.69, 9.17) is 22.1 Å². The van der Waals surface area contributed by atoms with Gasteiger partial charge in [-0.2, -0.15) is 13.2 Å². The molecule has 2 amide bonds. The van der Waals surface area contributed by atoms with Crippen LogP contribution < -0.4 is 21.1 Å². The number of nitrogens with one attached hydrogen (secondary N) is 2. The minimum absolute atomic E-state index is 0.00273. The molecule has 0 aliphatic rings. The average Bonchev–Trinajstić information content (AvgIpc) is 3.29. The Balaban J connectivity index is 2.01. The van der Waals surface area contributed by atoms with Gasteiger partial charge in [0.2, 0.25) is 11.8 Å². The molecule has 220 valence electrons.